The molecular weight excluding hydrogens is 216 g/mol. The van der Waals surface area contributed by atoms with Crippen molar-refractivity contribution < 1.29 is 5.11 Å². The molecule has 0 aromatic heterocycles. The van der Waals surface area contributed by atoms with Crippen LogP contribution in [-0.2, 0) is 0 Å². The minimum Gasteiger partial charge on any atom is -0.396 e. The van der Waals surface area contributed by atoms with E-state index in [0.29, 0.717) is 12.5 Å². The number of unbranched alkanes of at least 4 members (excludes halogenated alkanes) is 3. The molecule has 1 nitrogen and oxygen atoms in total. The predicted molar refractivity (Wildman–Crippen MR) is 57.7 cm³/mol. The van der Waals surface area contributed by atoms with Crippen LogP contribution in [0.25, 0.3) is 0 Å². The summed E-state index contributed by atoms with van der Waals surface area (Å²) in [4.78, 5) is 0. The third-order valence-corrected chi connectivity index (χ3v) is 2.76. The zero-order chi connectivity index (χ0) is 9.23. The zero-order valence-corrected chi connectivity index (χ0v) is 9.65. The summed E-state index contributed by atoms with van der Waals surface area (Å²) in [6, 6.07) is 0. The third kappa shape index (κ3) is 8.54. The van der Waals surface area contributed by atoms with Crippen LogP contribution in [0.15, 0.2) is 0 Å². The van der Waals surface area contributed by atoms with E-state index < -0.39 is 0 Å². The van der Waals surface area contributed by atoms with Crippen LogP contribution in [0, 0.1) is 5.92 Å². The molecule has 74 valence electrons. The summed E-state index contributed by atoms with van der Waals surface area (Å²) in [5, 5.41) is 9.81. The summed E-state index contributed by atoms with van der Waals surface area (Å²) >= 11 is 3.42. The Bertz CT molecular complexity index is 85.9. The van der Waals surface area contributed by atoms with Gasteiger partial charge in [-0.2, -0.15) is 0 Å². The van der Waals surface area contributed by atoms with Crippen LogP contribution in [0.3, 0.4) is 0 Å². The van der Waals surface area contributed by atoms with Gasteiger partial charge in [0.05, 0.1) is 0 Å². The minimum atomic E-state index is 0.350. The van der Waals surface area contributed by atoms with Crippen molar-refractivity contribution in [2.45, 2.75) is 45.4 Å². The molecule has 0 aliphatic carbocycles. The number of halogens is 1. The molecule has 0 aliphatic rings. The molecule has 0 saturated carbocycles. The van der Waals surface area contributed by atoms with Crippen molar-refractivity contribution in [2.24, 2.45) is 5.92 Å². The lowest BCUT2D eigenvalue weighted by Crippen LogP contribution is -1.97. The van der Waals surface area contributed by atoms with Crippen LogP contribution >= 0.6 is 15.9 Å². The van der Waals surface area contributed by atoms with Crippen molar-refractivity contribution in [1.29, 1.82) is 0 Å². The molecule has 0 bridgehead atoms. The molecule has 0 rings (SSSR count). The van der Waals surface area contributed by atoms with Gasteiger partial charge in [-0.05, 0) is 18.8 Å². The van der Waals surface area contributed by atoms with Crippen LogP contribution < -0.4 is 0 Å². The fourth-order valence-corrected chi connectivity index (χ4v) is 1.70. The van der Waals surface area contributed by atoms with Crippen molar-refractivity contribution in [3.8, 4) is 0 Å². The van der Waals surface area contributed by atoms with Gasteiger partial charge in [0, 0.05) is 11.9 Å². The van der Waals surface area contributed by atoms with Crippen LogP contribution in [0.2, 0.25) is 0 Å². The number of hydrogen-bond acceptors (Lipinski definition) is 1. The summed E-state index contributed by atoms with van der Waals surface area (Å²) < 4.78 is 0. The lowest BCUT2D eigenvalue weighted by molar-refractivity contribution is 0.256. The van der Waals surface area contributed by atoms with E-state index in [1.165, 1.54) is 32.1 Å². The first-order valence-corrected chi connectivity index (χ1v) is 6.10. The first kappa shape index (κ1) is 12.4. The highest BCUT2D eigenvalue weighted by molar-refractivity contribution is 9.09. The van der Waals surface area contributed by atoms with Gasteiger partial charge in [0.25, 0.3) is 0 Å². The third-order valence-electron chi connectivity index (χ3n) is 2.20. The number of hydrogen-bond donors (Lipinski definition) is 1. The maximum atomic E-state index is 8.67. The summed E-state index contributed by atoms with van der Waals surface area (Å²) in [5.74, 6) is 0.707. The van der Waals surface area contributed by atoms with Crippen LogP contribution in [0.5, 0.6) is 0 Å². The lowest BCUT2D eigenvalue weighted by atomic mass is 10.00. The van der Waals surface area contributed by atoms with Gasteiger partial charge >= 0.3 is 0 Å². The largest absolute Gasteiger partial charge is 0.396 e. The summed E-state index contributed by atoms with van der Waals surface area (Å²) in [6.07, 6.45) is 7.57. The number of aliphatic hydroxyl groups excluding tert-OH is 1. The monoisotopic (exact) mass is 236 g/mol. The van der Waals surface area contributed by atoms with Crippen molar-refractivity contribution in [3.05, 3.63) is 0 Å². The van der Waals surface area contributed by atoms with Crippen LogP contribution in [0.4, 0.5) is 0 Å². The van der Waals surface area contributed by atoms with E-state index in [-0.39, 0.29) is 0 Å². The smallest absolute Gasteiger partial charge is 0.0433 e. The first-order chi connectivity index (χ1) is 5.81. The highest BCUT2D eigenvalue weighted by Crippen LogP contribution is 2.13. The Kier molecular flexibility index (Phi) is 9.88. The van der Waals surface area contributed by atoms with Gasteiger partial charge in [-0.15, -0.1) is 0 Å². The molecule has 0 amide bonds. The minimum absolute atomic E-state index is 0.350. The van der Waals surface area contributed by atoms with E-state index in [4.69, 9.17) is 5.11 Å². The van der Waals surface area contributed by atoms with Crippen LogP contribution in [0.1, 0.15) is 45.4 Å². The Hall–Kier alpha value is 0.440. The topological polar surface area (TPSA) is 20.2 Å². The molecule has 0 aromatic carbocycles. The predicted octanol–water partition coefficient (Wildman–Crippen LogP) is 3.35. The molecule has 0 aromatic rings. The van der Waals surface area contributed by atoms with E-state index in [9.17, 15) is 0 Å². The number of aliphatic hydroxyl groups is 1. The normalized spacial score (nSPS) is 13.2. The first-order valence-electron chi connectivity index (χ1n) is 4.98. The summed E-state index contributed by atoms with van der Waals surface area (Å²) in [7, 11) is 0. The molecule has 0 aliphatic heterocycles. The summed E-state index contributed by atoms with van der Waals surface area (Å²) in [5.41, 5.74) is 0. The number of alkyl halides is 1. The Balaban J connectivity index is 2.97. The van der Waals surface area contributed by atoms with Crippen molar-refractivity contribution in [1.82, 2.24) is 0 Å². The van der Waals surface area contributed by atoms with E-state index in [1.54, 1.807) is 0 Å². The molecule has 0 heterocycles. The SMILES string of the molecule is CC(CCO)CCCCCCBr. The maximum absolute atomic E-state index is 8.67. The van der Waals surface area contributed by atoms with E-state index in [0.717, 1.165) is 11.8 Å². The molecule has 0 spiro atoms. The average molecular weight is 237 g/mol. The molecular formula is C10H21BrO. The number of rotatable bonds is 8. The van der Waals surface area contributed by atoms with Gasteiger partial charge in [-0.25, -0.2) is 0 Å². The molecule has 0 fully saturated rings. The van der Waals surface area contributed by atoms with Gasteiger partial charge in [-0.3, -0.25) is 0 Å². The highest BCUT2D eigenvalue weighted by Gasteiger charge is 1.99. The van der Waals surface area contributed by atoms with Gasteiger partial charge in [0.15, 0.2) is 0 Å². The molecule has 1 atom stereocenters. The fraction of sp³-hybridized carbons (Fsp3) is 1.00. The second kappa shape index (κ2) is 9.53. The molecule has 2 heteroatoms. The second-order valence-electron chi connectivity index (χ2n) is 3.51. The zero-order valence-electron chi connectivity index (χ0n) is 8.06. The summed E-state index contributed by atoms with van der Waals surface area (Å²) in [6.45, 7) is 2.57. The molecule has 0 radical (unpaired) electrons. The van der Waals surface area contributed by atoms with E-state index in [1.807, 2.05) is 0 Å². The quantitative estimate of drug-likeness (QED) is 0.507. The Morgan fingerprint density at radius 3 is 2.33 bits per heavy atom. The maximum Gasteiger partial charge on any atom is 0.0433 e. The van der Waals surface area contributed by atoms with Crippen molar-refractivity contribution in [3.63, 3.8) is 0 Å². The Morgan fingerprint density at radius 1 is 1.08 bits per heavy atom. The second-order valence-corrected chi connectivity index (χ2v) is 4.30. The molecule has 0 saturated heterocycles. The van der Waals surface area contributed by atoms with E-state index in [2.05, 4.69) is 22.9 Å². The van der Waals surface area contributed by atoms with Gasteiger partial charge in [0.2, 0.25) is 0 Å². The van der Waals surface area contributed by atoms with E-state index >= 15 is 0 Å². The lowest BCUT2D eigenvalue weighted by Gasteiger charge is -2.08. The molecule has 12 heavy (non-hydrogen) atoms. The van der Waals surface area contributed by atoms with Gasteiger partial charge in [-0.1, -0.05) is 48.5 Å². The molecule has 1 N–H and O–H groups in total. The average Bonchev–Trinajstić information content (AvgIpc) is 2.05. The molecule has 1 unspecified atom stereocenters. The van der Waals surface area contributed by atoms with Gasteiger partial charge < -0.3 is 5.11 Å². The Morgan fingerprint density at radius 2 is 1.75 bits per heavy atom. The van der Waals surface area contributed by atoms with Gasteiger partial charge in [0.1, 0.15) is 0 Å². The standard InChI is InChI=1S/C10H21BrO/c1-10(7-9-12)6-4-2-3-5-8-11/h10,12H,2-9H2,1H3. The fourth-order valence-electron chi connectivity index (χ4n) is 1.31. The van der Waals surface area contributed by atoms with Crippen molar-refractivity contribution >= 4 is 15.9 Å². The van der Waals surface area contributed by atoms with Crippen LogP contribution in [-0.4, -0.2) is 17.0 Å². The van der Waals surface area contributed by atoms with Crippen molar-refractivity contribution in [2.75, 3.05) is 11.9 Å². The highest BCUT2D eigenvalue weighted by atomic mass is 79.9. The Labute approximate surface area is 84.7 Å².